The van der Waals surface area contributed by atoms with Crippen molar-refractivity contribution in [2.75, 3.05) is 36.0 Å². The van der Waals surface area contributed by atoms with E-state index in [0.29, 0.717) is 54.4 Å². The molecule has 2 aliphatic heterocycles. The topological polar surface area (TPSA) is 112 Å². The van der Waals surface area contributed by atoms with Crippen LogP contribution in [-0.2, 0) is 14.8 Å². The Labute approximate surface area is 247 Å². The van der Waals surface area contributed by atoms with E-state index in [0.717, 1.165) is 18.8 Å². The molecule has 2 N–H and O–H groups in total. The monoisotopic (exact) mass is 608 g/mol. The number of nitrogens with zero attached hydrogens (tertiary/aromatic N) is 3. The molecule has 1 amide bonds. The Morgan fingerprint density at radius 1 is 1.02 bits per heavy atom. The van der Waals surface area contributed by atoms with Crippen LogP contribution in [0.15, 0.2) is 41.4 Å². The average molecular weight is 609 g/mol. The Morgan fingerprint density at radius 3 is 2.40 bits per heavy atom. The van der Waals surface area contributed by atoms with Crippen LogP contribution in [0.3, 0.4) is 0 Å². The van der Waals surface area contributed by atoms with Gasteiger partial charge in [-0.1, -0.05) is 36.9 Å². The first-order chi connectivity index (χ1) is 18.5. The largest absolute Gasteiger partial charge is 0.475 e. The summed E-state index contributed by atoms with van der Waals surface area (Å²) in [6.45, 7) is 4.56. The molecule has 4 fully saturated rings. The minimum absolute atomic E-state index is 0. The molecular weight excluding hydrogens is 572 g/mol. The number of sulfonamides is 1. The second-order valence-corrected chi connectivity index (χ2v) is 14.1. The summed E-state index contributed by atoms with van der Waals surface area (Å²) in [6, 6.07) is 10.1. The lowest BCUT2D eigenvalue weighted by Crippen LogP contribution is -2.57. The highest BCUT2D eigenvalue weighted by atomic mass is 35.5. The predicted molar refractivity (Wildman–Crippen MR) is 159 cm³/mol. The number of amides is 1. The van der Waals surface area contributed by atoms with Gasteiger partial charge in [0.2, 0.25) is 0 Å². The van der Waals surface area contributed by atoms with Gasteiger partial charge in [0.1, 0.15) is 11.6 Å². The third-order valence-electron chi connectivity index (χ3n) is 8.64. The van der Waals surface area contributed by atoms with E-state index in [-0.39, 0.29) is 18.5 Å². The summed E-state index contributed by atoms with van der Waals surface area (Å²) >= 11 is 6.30. The smallest absolute Gasteiger partial charge is 0.281 e. The quantitative estimate of drug-likeness (QED) is 0.485. The summed E-state index contributed by atoms with van der Waals surface area (Å²) in [7, 11) is -4.24. The van der Waals surface area contributed by atoms with Gasteiger partial charge in [-0.2, -0.15) is 21.9 Å². The number of ether oxygens (including phenoxy) is 1. The number of aliphatic hydroxyl groups is 1. The summed E-state index contributed by atoms with van der Waals surface area (Å²) in [5, 5.41) is 10.5. The van der Waals surface area contributed by atoms with Gasteiger partial charge in [-0.05, 0) is 50.5 Å². The van der Waals surface area contributed by atoms with Crippen LogP contribution in [0.2, 0.25) is 5.02 Å². The molecule has 1 spiro atoms. The first kappa shape index (κ1) is 29.3. The van der Waals surface area contributed by atoms with Gasteiger partial charge in [0.05, 0.1) is 11.3 Å². The summed E-state index contributed by atoms with van der Waals surface area (Å²) in [5.41, 5.74) is -0.879. The van der Waals surface area contributed by atoms with Crippen molar-refractivity contribution < 1.29 is 23.1 Å². The lowest BCUT2D eigenvalue weighted by Gasteiger charge is -2.53. The van der Waals surface area contributed by atoms with Gasteiger partial charge in [0.25, 0.3) is 15.9 Å². The third-order valence-corrected chi connectivity index (χ3v) is 10.1. The highest BCUT2D eigenvalue weighted by Crippen LogP contribution is 2.50. The number of rotatable bonds is 7. The van der Waals surface area contributed by atoms with Crippen LogP contribution in [0.5, 0.6) is 5.75 Å². The van der Waals surface area contributed by atoms with Gasteiger partial charge in [-0.25, -0.2) is 9.71 Å². The van der Waals surface area contributed by atoms with Crippen molar-refractivity contribution in [2.45, 2.75) is 74.5 Å². The number of nitrogens with one attached hydrogen (secondary N) is 1. The molecule has 2 aromatic rings. The van der Waals surface area contributed by atoms with Crippen LogP contribution in [-0.4, -0.2) is 61.8 Å². The highest BCUT2D eigenvalue weighted by Gasteiger charge is 2.55. The maximum atomic E-state index is 13.3. The van der Waals surface area contributed by atoms with Gasteiger partial charge >= 0.3 is 0 Å². The minimum atomic E-state index is -4.24. The number of carbonyl (C=O) groups is 1. The van der Waals surface area contributed by atoms with Crippen molar-refractivity contribution in [2.24, 2.45) is 5.41 Å². The maximum Gasteiger partial charge on any atom is 0.281 e. The number of benzene rings is 1. The van der Waals surface area contributed by atoms with Crippen molar-refractivity contribution in [3.05, 3.63) is 41.4 Å². The number of β-amino-alcohol motifs (C(OH)–C–C–N with tert-alkyl or cyclic N) is 1. The van der Waals surface area contributed by atoms with Crippen molar-refractivity contribution in [1.82, 2.24) is 9.71 Å². The SMILES string of the molecule is C[C@]1(O)CCN(c2cccc(S(=O)(=O)NC(=O)C3(Oc4cc(Cl)ccc4N4CC5(CCCCC5)C4)CC3)n2)C1.S. The van der Waals surface area contributed by atoms with E-state index in [1.54, 1.807) is 25.1 Å². The Balaban J connectivity index is 0.00000323. The summed E-state index contributed by atoms with van der Waals surface area (Å²) < 4.78 is 34.8. The molecular formula is C28H37ClN4O5S2. The van der Waals surface area contributed by atoms with Crippen LogP contribution in [0.1, 0.15) is 58.3 Å². The molecule has 4 aliphatic rings. The molecule has 1 atom stereocenters. The lowest BCUT2D eigenvalue weighted by molar-refractivity contribution is -0.127. The fraction of sp³-hybridized carbons (Fsp3) is 0.571. The molecule has 1 aromatic carbocycles. The van der Waals surface area contributed by atoms with Crippen molar-refractivity contribution >= 4 is 52.5 Å². The average Bonchev–Trinajstić information content (AvgIpc) is 3.57. The van der Waals surface area contributed by atoms with Gasteiger partial charge in [-0.3, -0.25) is 4.79 Å². The summed E-state index contributed by atoms with van der Waals surface area (Å²) in [4.78, 5) is 21.7. The van der Waals surface area contributed by atoms with Crippen molar-refractivity contribution in [3.63, 3.8) is 0 Å². The van der Waals surface area contributed by atoms with Crippen LogP contribution >= 0.6 is 25.1 Å². The molecule has 9 nitrogen and oxygen atoms in total. The first-order valence-electron chi connectivity index (χ1n) is 13.7. The van der Waals surface area contributed by atoms with Crippen molar-refractivity contribution in [1.29, 1.82) is 0 Å². The summed E-state index contributed by atoms with van der Waals surface area (Å²) in [6.07, 6.45) is 7.69. The standard InChI is InChI=1S/C28H35ClN4O5S.H2S/c1-26(35)14-15-32(17-26)23-6-5-7-24(30-23)39(36,37)31-25(34)28(12-13-28)38-22-16-20(29)8-9-21(22)33-18-27(19-33)10-3-2-4-11-27;/h5-9,16,35H,2-4,10-15,17-19H2,1H3,(H,31,34);1H2/t26-;/m0./s1. The fourth-order valence-electron chi connectivity index (χ4n) is 6.22. The Bertz CT molecular complexity index is 1380. The molecule has 218 valence electrons. The van der Waals surface area contributed by atoms with Crippen LogP contribution in [0.4, 0.5) is 11.5 Å². The van der Waals surface area contributed by atoms with E-state index in [2.05, 4.69) is 14.6 Å². The highest BCUT2D eigenvalue weighted by molar-refractivity contribution is 7.90. The molecule has 40 heavy (non-hydrogen) atoms. The summed E-state index contributed by atoms with van der Waals surface area (Å²) in [5.74, 6) is 0.228. The fourth-order valence-corrected chi connectivity index (χ4v) is 7.39. The lowest BCUT2D eigenvalue weighted by atomic mass is 9.68. The van der Waals surface area contributed by atoms with Gasteiger partial charge in [0.15, 0.2) is 10.6 Å². The van der Waals surface area contributed by atoms with E-state index in [1.807, 2.05) is 17.0 Å². The second-order valence-electron chi connectivity index (χ2n) is 12.1. The molecule has 2 saturated heterocycles. The minimum Gasteiger partial charge on any atom is -0.475 e. The van der Waals surface area contributed by atoms with E-state index in [1.165, 1.54) is 38.2 Å². The van der Waals surface area contributed by atoms with E-state index in [9.17, 15) is 18.3 Å². The number of hydrogen-bond donors (Lipinski definition) is 2. The van der Waals surface area contributed by atoms with Gasteiger partial charge in [0, 0.05) is 55.5 Å². The number of hydrogen-bond acceptors (Lipinski definition) is 8. The molecule has 2 aliphatic carbocycles. The Hall–Kier alpha value is -2.21. The zero-order valence-corrected chi connectivity index (χ0v) is 25.2. The van der Waals surface area contributed by atoms with Gasteiger partial charge < -0.3 is 19.6 Å². The number of halogens is 1. The molecule has 0 unspecified atom stereocenters. The molecule has 6 rings (SSSR count). The van der Waals surface area contributed by atoms with Crippen molar-refractivity contribution in [3.8, 4) is 5.75 Å². The maximum absolute atomic E-state index is 13.3. The molecule has 2 saturated carbocycles. The molecule has 1 aromatic heterocycles. The zero-order valence-electron chi connectivity index (χ0n) is 22.7. The Morgan fingerprint density at radius 2 is 1.75 bits per heavy atom. The number of anilines is 2. The predicted octanol–water partition coefficient (Wildman–Crippen LogP) is 4.00. The zero-order chi connectivity index (χ0) is 27.5. The number of carbonyl (C=O) groups excluding carboxylic acids is 1. The van der Waals surface area contributed by atoms with E-state index >= 15 is 0 Å². The Kier molecular flexibility index (Phi) is 7.74. The molecule has 12 heteroatoms. The first-order valence-corrected chi connectivity index (χ1v) is 15.6. The van der Waals surface area contributed by atoms with Crippen LogP contribution in [0, 0.1) is 5.41 Å². The van der Waals surface area contributed by atoms with Crippen LogP contribution < -0.4 is 19.3 Å². The number of pyridine rings is 1. The van der Waals surface area contributed by atoms with E-state index < -0.39 is 27.1 Å². The normalized spacial score (nSPS) is 24.7. The molecule has 3 heterocycles. The number of aromatic nitrogens is 1. The van der Waals surface area contributed by atoms with Crippen LogP contribution in [0.25, 0.3) is 0 Å². The molecule has 0 bridgehead atoms. The van der Waals surface area contributed by atoms with E-state index in [4.69, 9.17) is 16.3 Å². The second kappa shape index (κ2) is 10.6. The molecule has 0 radical (unpaired) electrons. The third kappa shape index (κ3) is 5.75. The van der Waals surface area contributed by atoms with Gasteiger partial charge in [-0.15, -0.1) is 0 Å².